The maximum absolute atomic E-state index is 15.4. The molecule has 4 aromatic heterocycles. The molecule has 278 valence electrons. The third-order valence-electron chi connectivity index (χ3n) is 12.7. The summed E-state index contributed by atoms with van der Waals surface area (Å²) in [6.45, 7) is 3.13. The zero-order chi connectivity index (χ0) is 37.8. The van der Waals surface area contributed by atoms with Crippen LogP contribution in [0.15, 0.2) is 139 Å². The van der Waals surface area contributed by atoms with Crippen molar-refractivity contribution in [3.05, 3.63) is 157 Å². The van der Waals surface area contributed by atoms with Gasteiger partial charge in [-0.2, -0.15) is 13.3 Å². The van der Waals surface area contributed by atoms with Crippen molar-refractivity contribution in [1.82, 2.24) is 4.31 Å². The number of fused-ring (bicyclic) bond motifs is 11. The molecular formula is C42H46N8O4S+6. The zero-order valence-electron chi connectivity index (χ0n) is 31.1. The van der Waals surface area contributed by atoms with Gasteiger partial charge in [0.05, 0.1) is 18.0 Å². The Morgan fingerprint density at radius 3 is 1.38 bits per heavy atom. The summed E-state index contributed by atoms with van der Waals surface area (Å²) in [5, 5.41) is 27.3. The molecule has 0 unspecified atom stereocenters. The van der Waals surface area contributed by atoms with Crippen LogP contribution >= 0.6 is 0 Å². The Labute approximate surface area is 320 Å². The van der Waals surface area contributed by atoms with Gasteiger partial charge in [-0.1, -0.05) is 24.3 Å². The smallest absolute Gasteiger partial charge is 0.377 e. The number of aliphatic hydroxyl groups is 2. The zero-order valence-corrected chi connectivity index (χ0v) is 31.9. The monoisotopic (exact) mass is 758 g/mol. The predicted molar refractivity (Wildman–Crippen MR) is 200 cm³/mol. The number of sulfonamides is 1. The second-order valence-corrected chi connectivity index (χ2v) is 17.7. The van der Waals surface area contributed by atoms with Gasteiger partial charge in [0.25, 0.3) is 22.8 Å². The van der Waals surface area contributed by atoms with E-state index in [9.17, 15) is 10.2 Å². The van der Waals surface area contributed by atoms with Crippen molar-refractivity contribution in [2.75, 3.05) is 45.2 Å². The molecule has 0 fully saturated rings. The molecule has 10 rings (SSSR count). The van der Waals surface area contributed by atoms with Crippen LogP contribution in [0.2, 0.25) is 0 Å². The molecule has 12 nitrogen and oxygen atoms in total. The topological polar surface area (TPSA) is 96.6 Å². The van der Waals surface area contributed by atoms with Crippen molar-refractivity contribution in [1.29, 1.82) is 0 Å². The van der Waals surface area contributed by atoms with E-state index < -0.39 is 22.0 Å². The first kappa shape index (κ1) is 34.3. The maximum atomic E-state index is 15.4. The minimum atomic E-state index is -4.12. The fourth-order valence-corrected chi connectivity index (χ4v) is 11.7. The molecule has 0 aliphatic carbocycles. The number of hydrogen-bond donors (Lipinski definition) is 2. The van der Waals surface area contributed by atoms with Gasteiger partial charge in [0.15, 0.2) is 51.0 Å². The molecule has 2 aromatic carbocycles. The lowest BCUT2D eigenvalue weighted by Gasteiger charge is -2.33. The molecule has 0 saturated heterocycles. The first-order chi connectivity index (χ1) is 26.5. The third kappa shape index (κ3) is 4.59. The maximum Gasteiger partial charge on any atom is 0.627 e. The molecule has 0 saturated carbocycles. The number of hydrogen-bond acceptors (Lipinski definition) is 5. The highest BCUT2D eigenvalue weighted by atomic mass is 32.2. The number of aromatic nitrogens is 4. The van der Waals surface area contributed by atoms with Gasteiger partial charge in [-0.3, -0.25) is 0 Å². The van der Waals surface area contributed by atoms with E-state index in [1.807, 2.05) is 165 Å². The summed E-state index contributed by atoms with van der Waals surface area (Å²) in [5.74, 6) is -2.93. The Hall–Kier alpha value is -5.15. The molecule has 4 aliphatic heterocycles. The van der Waals surface area contributed by atoms with Crippen LogP contribution in [0.1, 0.15) is 22.8 Å². The van der Waals surface area contributed by atoms with Crippen molar-refractivity contribution < 1.29 is 45.9 Å². The fraction of sp³-hybridized carbons (Fsp3) is 0.286. The van der Waals surface area contributed by atoms with Crippen LogP contribution in [-0.2, 0) is 48.1 Å². The molecule has 8 heterocycles. The molecular weight excluding hydrogens is 713 g/mol. The van der Waals surface area contributed by atoms with Gasteiger partial charge in [0.1, 0.15) is 13.1 Å². The molecule has 0 bridgehead atoms. The first-order valence-corrected chi connectivity index (χ1v) is 20.3. The quantitative estimate of drug-likeness (QED) is 0.172. The van der Waals surface area contributed by atoms with Crippen molar-refractivity contribution in [3.8, 4) is 0 Å². The lowest BCUT2D eigenvalue weighted by molar-refractivity contribution is -1.24. The van der Waals surface area contributed by atoms with Gasteiger partial charge in [0, 0.05) is 79.1 Å². The highest BCUT2D eigenvalue weighted by molar-refractivity contribution is 7.89. The van der Waals surface area contributed by atoms with E-state index in [4.69, 9.17) is 0 Å². The lowest BCUT2D eigenvalue weighted by Crippen LogP contribution is -2.80. The Kier molecular flexibility index (Phi) is 7.45. The van der Waals surface area contributed by atoms with E-state index in [-0.39, 0.29) is 27.0 Å². The summed E-state index contributed by atoms with van der Waals surface area (Å²) in [4.78, 5) is 2.25. The fourth-order valence-electron chi connectivity index (χ4n) is 10.1. The first-order valence-electron chi connectivity index (χ1n) is 18.9. The predicted octanol–water partition coefficient (Wildman–Crippen LogP) is 1.35. The third-order valence-corrected chi connectivity index (χ3v) is 14.7. The van der Waals surface area contributed by atoms with Crippen LogP contribution in [0.4, 0.5) is 5.69 Å². The van der Waals surface area contributed by atoms with Crippen LogP contribution in [0, 0.1) is 0 Å². The summed E-state index contributed by atoms with van der Waals surface area (Å²) >= 11 is 0. The van der Waals surface area contributed by atoms with Crippen LogP contribution in [0.5, 0.6) is 0 Å². The second-order valence-electron chi connectivity index (χ2n) is 15.7. The summed E-state index contributed by atoms with van der Waals surface area (Å²) in [6, 6.07) is 35.1. The summed E-state index contributed by atoms with van der Waals surface area (Å²) < 4.78 is 40.6. The van der Waals surface area contributed by atoms with Crippen molar-refractivity contribution in [2.45, 2.75) is 43.0 Å². The number of rotatable bonds is 9. The van der Waals surface area contributed by atoms with Crippen LogP contribution in [-0.4, -0.2) is 72.2 Å². The highest BCUT2D eigenvalue weighted by Gasteiger charge is 2.80. The number of nitrogens with zero attached hydrogens (tertiary/aromatic N) is 8. The Bertz CT molecular complexity index is 2430. The van der Waals surface area contributed by atoms with E-state index in [1.54, 1.807) is 10.4 Å². The van der Waals surface area contributed by atoms with Crippen molar-refractivity contribution in [3.63, 3.8) is 0 Å². The molecule has 13 heteroatoms. The number of benzene rings is 2. The largest absolute Gasteiger partial charge is 0.627 e. The number of anilines is 1. The molecule has 0 spiro atoms. The van der Waals surface area contributed by atoms with E-state index in [1.165, 1.54) is 0 Å². The molecule has 2 N–H and O–H groups in total. The van der Waals surface area contributed by atoms with Gasteiger partial charge in [-0.25, -0.2) is 18.6 Å². The molecule has 4 aliphatic rings. The van der Waals surface area contributed by atoms with Crippen molar-refractivity contribution in [2.24, 2.45) is 0 Å². The number of quaternary nitrogens is 2. The summed E-state index contributed by atoms with van der Waals surface area (Å²) in [6.07, 6.45) is 7.67. The average Bonchev–Trinajstić information content (AvgIpc) is 3.78. The van der Waals surface area contributed by atoms with Crippen LogP contribution < -0.4 is 23.2 Å². The Balaban J connectivity index is 1.08. The average molecular weight is 759 g/mol. The lowest BCUT2D eigenvalue weighted by atomic mass is 10.1. The number of pyridine rings is 4. The summed E-state index contributed by atoms with van der Waals surface area (Å²) in [7, 11) is -0.199. The molecule has 55 heavy (non-hydrogen) atoms. The highest BCUT2D eigenvalue weighted by Crippen LogP contribution is 2.40. The van der Waals surface area contributed by atoms with Gasteiger partial charge in [0.2, 0.25) is 10.0 Å². The molecule has 0 atom stereocenters. The molecule has 0 amide bonds. The van der Waals surface area contributed by atoms with E-state index >= 15 is 8.42 Å². The van der Waals surface area contributed by atoms with Gasteiger partial charge in [-0.15, -0.1) is 0 Å². The minimum Gasteiger partial charge on any atom is -0.377 e. The van der Waals surface area contributed by atoms with Gasteiger partial charge in [-0.05, 0) is 54.7 Å². The van der Waals surface area contributed by atoms with E-state index in [2.05, 4.69) is 0 Å². The van der Waals surface area contributed by atoms with Crippen LogP contribution in [0.3, 0.4) is 0 Å². The molecule has 6 aromatic rings. The standard InChI is InChI=1S/C42H46N8O4S/c1-43(2)39-19-11-18-38-37(39)17-12-20-40(38)55(53,54)44(25-27-49-29-33-13-3-7-21-45(33)41(49,51)46-22-8-4-14-34(46)30-49)26-28-50-31-35-15-5-9-23-47(35)42(50,52)48-24-10-6-16-36(48)32-50/h3-24,51-52H,25-32H2,1-2H3/q+6. The Morgan fingerprint density at radius 2 is 0.964 bits per heavy atom. The van der Waals surface area contributed by atoms with Gasteiger partial charge < -0.3 is 4.90 Å². The van der Waals surface area contributed by atoms with Gasteiger partial charge >= 0.3 is 11.9 Å². The normalized spacial score (nSPS) is 25.7. The summed E-state index contributed by atoms with van der Waals surface area (Å²) in [5.41, 5.74) is 4.86. The SMILES string of the molecule is CN(C)c1cccc2c(S(=O)(=O)N(CC[N+]34Cc5cccc[n+]5C3(O)[n+]3ccccc3C4)CC[N+]34Cc5cccc[n+]5C3(O)[n+]3ccccc3C4)cccc12. The van der Waals surface area contributed by atoms with E-state index in [0.29, 0.717) is 44.7 Å². The Morgan fingerprint density at radius 1 is 0.564 bits per heavy atom. The second kappa shape index (κ2) is 11.9. The minimum absolute atomic E-state index is 0.149. The van der Waals surface area contributed by atoms with Crippen LogP contribution in [0.25, 0.3) is 10.8 Å². The van der Waals surface area contributed by atoms with Crippen molar-refractivity contribution >= 4 is 26.5 Å². The van der Waals surface area contributed by atoms with E-state index in [0.717, 1.165) is 33.8 Å². The molecule has 0 radical (unpaired) electrons.